The summed E-state index contributed by atoms with van der Waals surface area (Å²) in [5.74, 6) is -0.770. The van der Waals surface area contributed by atoms with Crippen molar-refractivity contribution >= 4 is 12.0 Å². The Bertz CT molecular complexity index is 305. The first-order valence-electron chi connectivity index (χ1n) is 6.72. The summed E-state index contributed by atoms with van der Waals surface area (Å²) in [6.07, 6.45) is 1.46. The fraction of sp³-hybridized carbons (Fsp3) is 0.846. The Morgan fingerprint density at radius 1 is 1.44 bits per heavy atom. The van der Waals surface area contributed by atoms with E-state index in [1.807, 2.05) is 6.92 Å². The molecular formula is C13H24N2O3. The van der Waals surface area contributed by atoms with E-state index >= 15 is 0 Å². The highest BCUT2D eigenvalue weighted by Gasteiger charge is 2.30. The molecule has 1 heterocycles. The molecule has 1 unspecified atom stereocenters. The summed E-state index contributed by atoms with van der Waals surface area (Å²) in [5.41, 5.74) is 0. The molecular weight excluding hydrogens is 232 g/mol. The molecule has 1 atom stereocenters. The monoisotopic (exact) mass is 256 g/mol. The molecule has 1 aliphatic heterocycles. The number of carboxylic acids is 1. The normalized spacial score (nSPS) is 20.0. The molecule has 18 heavy (non-hydrogen) atoms. The molecule has 0 aromatic heterocycles. The number of amides is 2. The van der Waals surface area contributed by atoms with Gasteiger partial charge in [0.1, 0.15) is 0 Å². The number of hydrogen-bond acceptors (Lipinski definition) is 2. The Labute approximate surface area is 109 Å². The number of carbonyl (C=O) groups is 2. The fourth-order valence-corrected chi connectivity index (χ4v) is 2.34. The number of hydrogen-bond donors (Lipinski definition) is 1. The van der Waals surface area contributed by atoms with Crippen LogP contribution in [-0.2, 0) is 4.79 Å². The second kappa shape index (κ2) is 6.61. The zero-order valence-electron chi connectivity index (χ0n) is 11.6. The summed E-state index contributed by atoms with van der Waals surface area (Å²) in [5, 5.41) is 9.03. The number of piperidine rings is 1. The maximum atomic E-state index is 12.3. The lowest BCUT2D eigenvalue weighted by Gasteiger charge is -2.35. The van der Waals surface area contributed by atoms with Crippen molar-refractivity contribution in [1.82, 2.24) is 9.80 Å². The molecule has 1 N–H and O–H groups in total. The van der Waals surface area contributed by atoms with Crippen LogP contribution in [0.25, 0.3) is 0 Å². The third-order valence-electron chi connectivity index (χ3n) is 3.28. The van der Waals surface area contributed by atoms with Gasteiger partial charge in [-0.3, -0.25) is 4.79 Å². The van der Waals surface area contributed by atoms with Crippen LogP contribution >= 0.6 is 0 Å². The maximum Gasteiger partial charge on any atom is 0.320 e. The highest BCUT2D eigenvalue weighted by atomic mass is 16.4. The minimum atomic E-state index is -0.792. The van der Waals surface area contributed by atoms with Crippen LogP contribution in [0.2, 0.25) is 0 Å². The van der Waals surface area contributed by atoms with E-state index in [4.69, 9.17) is 5.11 Å². The van der Waals surface area contributed by atoms with Gasteiger partial charge < -0.3 is 14.9 Å². The van der Waals surface area contributed by atoms with Gasteiger partial charge in [-0.1, -0.05) is 13.8 Å². The van der Waals surface area contributed by atoms with Crippen LogP contribution in [0.5, 0.6) is 0 Å². The number of carboxylic acid groups (broad SMARTS) is 1. The second-order valence-corrected chi connectivity index (χ2v) is 5.34. The van der Waals surface area contributed by atoms with Crippen molar-refractivity contribution in [3.05, 3.63) is 0 Å². The summed E-state index contributed by atoms with van der Waals surface area (Å²) in [7, 11) is 0. The molecule has 5 nitrogen and oxygen atoms in total. The van der Waals surface area contributed by atoms with E-state index in [0.717, 1.165) is 13.0 Å². The van der Waals surface area contributed by atoms with Crippen LogP contribution in [0.3, 0.4) is 0 Å². The van der Waals surface area contributed by atoms with Crippen LogP contribution < -0.4 is 0 Å². The van der Waals surface area contributed by atoms with E-state index in [2.05, 4.69) is 13.8 Å². The fourth-order valence-electron chi connectivity index (χ4n) is 2.34. The van der Waals surface area contributed by atoms with E-state index in [0.29, 0.717) is 32.0 Å². The van der Waals surface area contributed by atoms with Crippen LogP contribution in [0, 0.1) is 11.8 Å². The smallest absolute Gasteiger partial charge is 0.320 e. The van der Waals surface area contributed by atoms with Gasteiger partial charge in [-0.2, -0.15) is 0 Å². The van der Waals surface area contributed by atoms with Crippen LogP contribution in [0.1, 0.15) is 33.6 Å². The molecule has 1 rings (SSSR count). The van der Waals surface area contributed by atoms with Gasteiger partial charge >= 0.3 is 12.0 Å². The van der Waals surface area contributed by atoms with E-state index in [1.165, 1.54) is 0 Å². The second-order valence-electron chi connectivity index (χ2n) is 5.34. The van der Waals surface area contributed by atoms with Crippen molar-refractivity contribution in [3.63, 3.8) is 0 Å². The Morgan fingerprint density at radius 3 is 2.61 bits per heavy atom. The number of carbonyl (C=O) groups excluding carboxylic acids is 1. The zero-order valence-corrected chi connectivity index (χ0v) is 11.6. The lowest BCUT2D eigenvalue weighted by atomic mass is 9.98. The van der Waals surface area contributed by atoms with Crippen LogP contribution in [-0.4, -0.2) is 53.1 Å². The lowest BCUT2D eigenvalue weighted by Crippen LogP contribution is -2.49. The Hall–Kier alpha value is -1.26. The quantitative estimate of drug-likeness (QED) is 0.835. The average Bonchev–Trinajstić information content (AvgIpc) is 2.35. The highest BCUT2D eigenvalue weighted by molar-refractivity contribution is 5.76. The van der Waals surface area contributed by atoms with Gasteiger partial charge in [0.15, 0.2) is 0 Å². The summed E-state index contributed by atoms with van der Waals surface area (Å²) < 4.78 is 0. The third kappa shape index (κ3) is 3.89. The van der Waals surface area contributed by atoms with Crippen molar-refractivity contribution in [2.75, 3.05) is 26.2 Å². The molecule has 1 aliphatic rings. The van der Waals surface area contributed by atoms with Crippen molar-refractivity contribution in [2.45, 2.75) is 33.6 Å². The third-order valence-corrected chi connectivity index (χ3v) is 3.28. The molecule has 0 aliphatic carbocycles. The SMILES string of the molecule is CCN(CC(C)C)C(=O)N1CCCC(C(=O)O)C1. The Balaban J connectivity index is 2.61. The number of aliphatic carboxylic acids is 1. The van der Waals surface area contributed by atoms with Gasteiger partial charge in [-0.25, -0.2) is 4.79 Å². The summed E-state index contributed by atoms with van der Waals surface area (Å²) in [4.78, 5) is 26.8. The molecule has 0 saturated carbocycles. The number of nitrogens with zero attached hydrogens (tertiary/aromatic N) is 2. The average molecular weight is 256 g/mol. The zero-order chi connectivity index (χ0) is 13.7. The molecule has 1 fully saturated rings. The van der Waals surface area contributed by atoms with E-state index in [1.54, 1.807) is 9.80 Å². The van der Waals surface area contributed by atoms with Gasteiger partial charge in [-0.15, -0.1) is 0 Å². The summed E-state index contributed by atoms with van der Waals surface area (Å²) in [6, 6.07) is -0.0165. The molecule has 5 heteroatoms. The molecule has 2 amide bonds. The first-order chi connectivity index (χ1) is 8.45. The summed E-state index contributed by atoms with van der Waals surface area (Å²) >= 11 is 0. The molecule has 0 radical (unpaired) electrons. The Morgan fingerprint density at radius 2 is 2.11 bits per heavy atom. The number of likely N-dealkylation sites (tertiary alicyclic amines) is 1. The van der Waals surface area contributed by atoms with E-state index < -0.39 is 11.9 Å². The summed E-state index contributed by atoms with van der Waals surface area (Å²) in [6.45, 7) is 8.53. The Kier molecular flexibility index (Phi) is 5.44. The molecule has 1 saturated heterocycles. The molecule has 0 aromatic carbocycles. The van der Waals surface area contributed by atoms with E-state index in [-0.39, 0.29) is 6.03 Å². The number of urea groups is 1. The van der Waals surface area contributed by atoms with Gasteiger partial charge in [0.25, 0.3) is 0 Å². The van der Waals surface area contributed by atoms with Crippen molar-refractivity contribution in [2.24, 2.45) is 11.8 Å². The largest absolute Gasteiger partial charge is 0.481 e. The van der Waals surface area contributed by atoms with Gasteiger partial charge in [0, 0.05) is 26.2 Å². The predicted molar refractivity (Wildman–Crippen MR) is 69.4 cm³/mol. The molecule has 0 spiro atoms. The first-order valence-corrected chi connectivity index (χ1v) is 6.72. The predicted octanol–water partition coefficient (Wildman–Crippen LogP) is 1.88. The minimum absolute atomic E-state index is 0.0165. The van der Waals surface area contributed by atoms with Crippen LogP contribution in [0.4, 0.5) is 4.79 Å². The highest BCUT2D eigenvalue weighted by Crippen LogP contribution is 2.18. The van der Waals surface area contributed by atoms with Crippen molar-refractivity contribution in [1.29, 1.82) is 0 Å². The van der Waals surface area contributed by atoms with Gasteiger partial charge in [-0.05, 0) is 25.7 Å². The first kappa shape index (κ1) is 14.8. The van der Waals surface area contributed by atoms with Gasteiger partial charge in [0.05, 0.1) is 5.92 Å². The van der Waals surface area contributed by atoms with E-state index in [9.17, 15) is 9.59 Å². The molecule has 0 bridgehead atoms. The van der Waals surface area contributed by atoms with Crippen LogP contribution in [0.15, 0.2) is 0 Å². The minimum Gasteiger partial charge on any atom is -0.481 e. The topological polar surface area (TPSA) is 60.9 Å². The standard InChI is InChI=1S/C13H24N2O3/c1-4-14(8-10(2)3)13(18)15-7-5-6-11(9-15)12(16)17/h10-11H,4-9H2,1-3H3,(H,16,17). The molecule has 0 aromatic rings. The van der Waals surface area contributed by atoms with Crippen molar-refractivity contribution in [3.8, 4) is 0 Å². The van der Waals surface area contributed by atoms with Gasteiger partial charge in [0.2, 0.25) is 0 Å². The maximum absolute atomic E-state index is 12.3. The van der Waals surface area contributed by atoms with Crippen molar-refractivity contribution < 1.29 is 14.7 Å². The lowest BCUT2D eigenvalue weighted by molar-refractivity contribution is -0.143. The number of rotatable bonds is 4. The molecule has 104 valence electrons.